The second-order valence-corrected chi connectivity index (χ2v) is 6.29. The molecule has 1 aromatic rings. The van der Waals surface area contributed by atoms with E-state index in [4.69, 9.17) is 5.73 Å². The van der Waals surface area contributed by atoms with Crippen LogP contribution in [0.15, 0.2) is 40.9 Å². The number of halogens is 1. The van der Waals surface area contributed by atoms with Crippen molar-refractivity contribution in [3.63, 3.8) is 0 Å². The lowest BCUT2D eigenvalue weighted by Gasteiger charge is -2.39. The summed E-state index contributed by atoms with van der Waals surface area (Å²) < 4.78 is 0.659. The zero-order valence-corrected chi connectivity index (χ0v) is 13.2. The number of anilines is 1. The molecule has 1 aliphatic carbocycles. The monoisotopic (exact) mass is 363 g/mol. The lowest BCUT2D eigenvalue weighted by molar-refractivity contribution is -0.384. The highest BCUT2D eigenvalue weighted by Gasteiger charge is 2.45. The minimum atomic E-state index is -1.04. The van der Waals surface area contributed by atoms with Crippen LogP contribution < -0.4 is 10.6 Å². The number of rotatable bonds is 3. The van der Waals surface area contributed by atoms with Gasteiger partial charge in [0, 0.05) is 23.5 Å². The fourth-order valence-electron chi connectivity index (χ4n) is 3.15. The SMILES string of the molecule is NC(=O)C1(N2CCc3cc(Br)cc([N+](=O)[O-])c32)C=CC=CC1. The molecule has 1 aromatic carbocycles. The van der Waals surface area contributed by atoms with Crippen LogP contribution in [-0.2, 0) is 11.2 Å². The number of nitro groups is 1. The van der Waals surface area contributed by atoms with Gasteiger partial charge in [0.25, 0.3) is 5.69 Å². The van der Waals surface area contributed by atoms with Crippen molar-refractivity contribution in [3.05, 3.63) is 56.6 Å². The van der Waals surface area contributed by atoms with Gasteiger partial charge in [0.15, 0.2) is 0 Å². The highest BCUT2D eigenvalue weighted by atomic mass is 79.9. The number of nitro benzene ring substituents is 1. The van der Waals surface area contributed by atoms with Crippen LogP contribution in [0.2, 0.25) is 0 Å². The molecule has 1 heterocycles. The average molecular weight is 364 g/mol. The summed E-state index contributed by atoms with van der Waals surface area (Å²) in [5.41, 5.74) is 5.94. The molecule has 2 aliphatic rings. The van der Waals surface area contributed by atoms with Crippen LogP contribution >= 0.6 is 15.9 Å². The van der Waals surface area contributed by atoms with Gasteiger partial charge in [-0.25, -0.2) is 0 Å². The average Bonchev–Trinajstić information content (AvgIpc) is 2.90. The fraction of sp³-hybridized carbons (Fsp3) is 0.267. The van der Waals surface area contributed by atoms with Crippen LogP contribution in [0.25, 0.3) is 0 Å². The highest BCUT2D eigenvalue weighted by molar-refractivity contribution is 9.10. The lowest BCUT2D eigenvalue weighted by atomic mass is 9.88. The third kappa shape index (κ3) is 2.12. The molecule has 0 radical (unpaired) electrons. The lowest BCUT2D eigenvalue weighted by Crippen LogP contribution is -2.56. The zero-order chi connectivity index (χ0) is 15.9. The van der Waals surface area contributed by atoms with Crippen LogP contribution in [-0.4, -0.2) is 22.9 Å². The molecule has 1 amide bonds. The maximum absolute atomic E-state index is 12.1. The third-order valence-corrected chi connectivity index (χ3v) is 4.62. The highest BCUT2D eigenvalue weighted by Crippen LogP contribution is 2.44. The Morgan fingerprint density at radius 2 is 2.18 bits per heavy atom. The molecule has 22 heavy (non-hydrogen) atoms. The van der Waals surface area contributed by atoms with Crippen molar-refractivity contribution in [2.24, 2.45) is 5.73 Å². The van der Waals surface area contributed by atoms with Crippen LogP contribution in [0.4, 0.5) is 11.4 Å². The first-order chi connectivity index (χ1) is 10.5. The van der Waals surface area contributed by atoms with Gasteiger partial charge in [-0.1, -0.05) is 34.2 Å². The summed E-state index contributed by atoms with van der Waals surface area (Å²) in [6.45, 7) is 0.522. The number of hydrogen-bond donors (Lipinski definition) is 1. The molecular formula is C15H14BrN3O3. The first-order valence-corrected chi connectivity index (χ1v) is 7.64. The summed E-state index contributed by atoms with van der Waals surface area (Å²) in [5, 5.41) is 11.4. The van der Waals surface area contributed by atoms with E-state index in [1.807, 2.05) is 18.2 Å². The molecule has 7 heteroatoms. The Hall–Kier alpha value is -2.15. The Morgan fingerprint density at radius 1 is 1.41 bits per heavy atom. The molecule has 1 aliphatic heterocycles. The van der Waals surface area contributed by atoms with E-state index >= 15 is 0 Å². The molecular weight excluding hydrogens is 350 g/mol. The van der Waals surface area contributed by atoms with Gasteiger partial charge in [-0.3, -0.25) is 14.9 Å². The number of benzene rings is 1. The summed E-state index contributed by atoms with van der Waals surface area (Å²) in [6, 6.07) is 3.33. The first-order valence-electron chi connectivity index (χ1n) is 6.84. The molecule has 114 valence electrons. The number of allylic oxidation sites excluding steroid dienone is 2. The van der Waals surface area contributed by atoms with Crippen molar-refractivity contribution < 1.29 is 9.72 Å². The second kappa shape index (κ2) is 5.24. The Morgan fingerprint density at radius 3 is 2.77 bits per heavy atom. The number of primary amides is 1. The van der Waals surface area contributed by atoms with E-state index in [-0.39, 0.29) is 5.69 Å². The second-order valence-electron chi connectivity index (χ2n) is 5.37. The van der Waals surface area contributed by atoms with Gasteiger partial charge in [-0.05, 0) is 24.1 Å². The van der Waals surface area contributed by atoms with Gasteiger partial charge in [0.05, 0.1) is 4.92 Å². The van der Waals surface area contributed by atoms with Crippen molar-refractivity contribution in [1.82, 2.24) is 0 Å². The van der Waals surface area contributed by atoms with Gasteiger partial charge in [0.2, 0.25) is 5.91 Å². The number of nitrogens with two attached hydrogens (primary N) is 1. The van der Waals surface area contributed by atoms with Crippen LogP contribution in [0.1, 0.15) is 12.0 Å². The first kappa shape index (κ1) is 14.8. The van der Waals surface area contributed by atoms with Gasteiger partial charge >= 0.3 is 0 Å². The smallest absolute Gasteiger partial charge is 0.293 e. The summed E-state index contributed by atoms with van der Waals surface area (Å²) >= 11 is 3.30. The van der Waals surface area contributed by atoms with Gasteiger partial charge < -0.3 is 10.6 Å². The molecule has 3 rings (SSSR count). The molecule has 0 saturated heterocycles. The molecule has 1 atom stereocenters. The van der Waals surface area contributed by atoms with E-state index in [2.05, 4.69) is 15.9 Å². The van der Waals surface area contributed by atoms with E-state index < -0.39 is 16.4 Å². The number of nitrogens with zero attached hydrogens (tertiary/aromatic N) is 2. The van der Waals surface area contributed by atoms with Gasteiger partial charge in [-0.15, -0.1) is 0 Å². The minimum Gasteiger partial charge on any atom is -0.367 e. The molecule has 2 N–H and O–H groups in total. The Bertz CT molecular complexity index is 729. The Balaban J connectivity index is 2.18. The van der Waals surface area contributed by atoms with Gasteiger partial charge in [-0.2, -0.15) is 0 Å². The molecule has 0 bridgehead atoms. The van der Waals surface area contributed by atoms with Crippen LogP contribution in [0, 0.1) is 10.1 Å². The topological polar surface area (TPSA) is 89.5 Å². The molecule has 0 spiro atoms. The zero-order valence-electron chi connectivity index (χ0n) is 11.7. The summed E-state index contributed by atoms with van der Waals surface area (Å²) in [4.78, 5) is 24.9. The molecule has 1 unspecified atom stereocenters. The quantitative estimate of drug-likeness (QED) is 0.659. The normalized spacial score (nSPS) is 22.7. The minimum absolute atomic E-state index is 0.00884. The molecule has 6 nitrogen and oxygen atoms in total. The van der Waals surface area contributed by atoms with Crippen molar-refractivity contribution in [1.29, 1.82) is 0 Å². The summed E-state index contributed by atoms with van der Waals surface area (Å²) in [5.74, 6) is -0.502. The van der Waals surface area contributed by atoms with E-state index in [1.54, 1.807) is 17.1 Å². The predicted octanol–water partition coefficient (Wildman–Crippen LogP) is 2.46. The predicted molar refractivity (Wildman–Crippen MR) is 86.7 cm³/mol. The number of fused-ring (bicyclic) bond motifs is 1. The Labute approximate surface area is 135 Å². The van der Waals surface area contributed by atoms with Crippen molar-refractivity contribution >= 4 is 33.2 Å². The number of carbonyl (C=O) groups is 1. The van der Waals surface area contributed by atoms with Crippen LogP contribution in [0.3, 0.4) is 0 Å². The van der Waals surface area contributed by atoms with Crippen molar-refractivity contribution in [2.75, 3.05) is 11.4 Å². The third-order valence-electron chi connectivity index (χ3n) is 4.16. The summed E-state index contributed by atoms with van der Waals surface area (Å²) in [6.07, 6.45) is 8.24. The molecule has 0 saturated carbocycles. The maximum atomic E-state index is 12.1. The Kier molecular flexibility index (Phi) is 3.52. The standard InChI is InChI=1S/C15H14BrN3O3/c16-11-8-10-4-7-18(13(10)12(9-11)19(21)22)15(14(17)20)5-2-1-3-6-15/h1-3,5,8-9H,4,6-7H2,(H2,17,20). The van der Waals surface area contributed by atoms with Crippen molar-refractivity contribution in [2.45, 2.75) is 18.4 Å². The maximum Gasteiger partial charge on any atom is 0.293 e. The van der Waals surface area contributed by atoms with E-state index in [9.17, 15) is 14.9 Å². The number of hydrogen-bond acceptors (Lipinski definition) is 4. The largest absolute Gasteiger partial charge is 0.367 e. The fourth-order valence-corrected chi connectivity index (χ4v) is 3.64. The molecule has 0 fully saturated rings. The number of carbonyl (C=O) groups excluding carboxylic acids is 1. The van der Waals surface area contributed by atoms with E-state index in [0.29, 0.717) is 29.5 Å². The van der Waals surface area contributed by atoms with Crippen molar-refractivity contribution in [3.8, 4) is 0 Å². The summed E-state index contributed by atoms with van der Waals surface area (Å²) in [7, 11) is 0. The van der Waals surface area contributed by atoms with Crippen LogP contribution in [0.5, 0.6) is 0 Å². The van der Waals surface area contributed by atoms with Gasteiger partial charge in [0.1, 0.15) is 11.2 Å². The van der Waals surface area contributed by atoms with E-state index in [0.717, 1.165) is 5.56 Å². The van der Waals surface area contributed by atoms with E-state index in [1.165, 1.54) is 6.07 Å². The number of amides is 1. The molecule has 0 aromatic heterocycles.